The minimum atomic E-state index is -0.168. The predicted octanol–water partition coefficient (Wildman–Crippen LogP) is 4.29. The van der Waals surface area contributed by atoms with Crippen molar-refractivity contribution >= 4 is 0 Å². The molecule has 2 heteroatoms. The molecule has 1 atom stereocenters. The van der Waals surface area contributed by atoms with Gasteiger partial charge < -0.3 is 5.32 Å². The summed E-state index contributed by atoms with van der Waals surface area (Å²) in [6, 6.07) is 16.0. The van der Waals surface area contributed by atoms with Crippen LogP contribution in [0.25, 0.3) is 0 Å². The number of nitrogens with one attached hydrogen (secondary N) is 1. The Morgan fingerprint density at radius 2 is 1.76 bits per heavy atom. The number of hydrogen-bond acceptors (Lipinski definition) is 1. The van der Waals surface area contributed by atoms with Gasteiger partial charge in [-0.25, -0.2) is 4.39 Å². The Kier molecular flexibility index (Phi) is 5.94. The first-order valence-corrected chi connectivity index (χ1v) is 7.67. The zero-order chi connectivity index (χ0) is 15.1. The van der Waals surface area contributed by atoms with E-state index in [2.05, 4.69) is 43.4 Å². The third-order valence-electron chi connectivity index (χ3n) is 3.77. The zero-order valence-electron chi connectivity index (χ0n) is 12.9. The standard InChI is InChI=1S/C19H24FN/c1-15-4-3-5-18(14-15)7-6-16(2)21-13-12-17-8-10-19(20)11-9-17/h3-5,8-11,14,16,21H,6-7,12-13H2,1-2H3. The van der Waals surface area contributed by atoms with E-state index in [9.17, 15) is 4.39 Å². The van der Waals surface area contributed by atoms with Crippen LogP contribution in [-0.4, -0.2) is 12.6 Å². The summed E-state index contributed by atoms with van der Waals surface area (Å²) in [6.07, 6.45) is 3.17. The molecule has 2 aromatic carbocycles. The number of rotatable bonds is 7. The van der Waals surface area contributed by atoms with Gasteiger partial charge >= 0.3 is 0 Å². The van der Waals surface area contributed by atoms with Crippen molar-refractivity contribution in [3.8, 4) is 0 Å². The van der Waals surface area contributed by atoms with Crippen LogP contribution in [0.3, 0.4) is 0 Å². The largest absolute Gasteiger partial charge is 0.314 e. The molecule has 0 aliphatic heterocycles. The van der Waals surface area contributed by atoms with Crippen molar-refractivity contribution in [2.45, 2.75) is 39.2 Å². The van der Waals surface area contributed by atoms with Crippen LogP contribution in [0.4, 0.5) is 4.39 Å². The van der Waals surface area contributed by atoms with E-state index in [1.54, 1.807) is 0 Å². The lowest BCUT2D eigenvalue weighted by atomic mass is 10.0. The van der Waals surface area contributed by atoms with Crippen molar-refractivity contribution in [2.75, 3.05) is 6.54 Å². The van der Waals surface area contributed by atoms with Crippen LogP contribution in [0.2, 0.25) is 0 Å². The molecular formula is C19H24FN. The fraction of sp³-hybridized carbons (Fsp3) is 0.368. The predicted molar refractivity (Wildman–Crippen MR) is 87.1 cm³/mol. The van der Waals surface area contributed by atoms with E-state index < -0.39 is 0 Å². The molecule has 0 fully saturated rings. The van der Waals surface area contributed by atoms with E-state index >= 15 is 0 Å². The quantitative estimate of drug-likeness (QED) is 0.800. The maximum atomic E-state index is 12.8. The van der Waals surface area contributed by atoms with Crippen molar-refractivity contribution in [1.29, 1.82) is 0 Å². The summed E-state index contributed by atoms with van der Waals surface area (Å²) in [4.78, 5) is 0. The molecule has 1 nitrogen and oxygen atoms in total. The second kappa shape index (κ2) is 7.94. The van der Waals surface area contributed by atoms with Gasteiger partial charge in [-0.3, -0.25) is 0 Å². The molecule has 112 valence electrons. The molecular weight excluding hydrogens is 261 g/mol. The molecule has 0 aromatic heterocycles. The minimum absolute atomic E-state index is 0.168. The van der Waals surface area contributed by atoms with E-state index in [-0.39, 0.29) is 5.82 Å². The van der Waals surface area contributed by atoms with Crippen molar-refractivity contribution in [3.05, 3.63) is 71.0 Å². The summed E-state index contributed by atoms with van der Waals surface area (Å²) in [7, 11) is 0. The first kappa shape index (κ1) is 15.7. The monoisotopic (exact) mass is 285 g/mol. The van der Waals surface area contributed by atoms with Gasteiger partial charge in [-0.15, -0.1) is 0 Å². The smallest absolute Gasteiger partial charge is 0.123 e. The molecule has 0 radical (unpaired) electrons. The van der Waals surface area contributed by atoms with Crippen molar-refractivity contribution < 1.29 is 4.39 Å². The van der Waals surface area contributed by atoms with Gasteiger partial charge in [0.05, 0.1) is 0 Å². The Hall–Kier alpha value is -1.67. The molecule has 0 saturated heterocycles. The van der Waals surface area contributed by atoms with Crippen molar-refractivity contribution in [3.63, 3.8) is 0 Å². The highest BCUT2D eigenvalue weighted by molar-refractivity contribution is 5.22. The van der Waals surface area contributed by atoms with Gasteiger partial charge in [-0.1, -0.05) is 42.0 Å². The molecule has 2 rings (SSSR count). The van der Waals surface area contributed by atoms with Gasteiger partial charge in [0.25, 0.3) is 0 Å². The van der Waals surface area contributed by atoms with E-state index in [0.29, 0.717) is 6.04 Å². The van der Waals surface area contributed by atoms with Crippen LogP contribution < -0.4 is 5.32 Å². The summed E-state index contributed by atoms with van der Waals surface area (Å²) in [5.74, 6) is -0.168. The lowest BCUT2D eigenvalue weighted by Gasteiger charge is -2.14. The van der Waals surface area contributed by atoms with E-state index in [1.165, 1.54) is 28.8 Å². The maximum Gasteiger partial charge on any atom is 0.123 e. The van der Waals surface area contributed by atoms with Crippen LogP contribution >= 0.6 is 0 Å². The van der Waals surface area contributed by atoms with Gasteiger partial charge in [-0.2, -0.15) is 0 Å². The SMILES string of the molecule is Cc1cccc(CCC(C)NCCc2ccc(F)cc2)c1. The number of halogens is 1. The van der Waals surface area contributed by atoms with Crippen LogP contribution in [0.1, 0.15) is 30.0 Å². The third-order valence-corrected chi connectivity index (χ3v) is 3.77. The van der Waals surface area contributed by atoms with Crippen molar-refractivity contribution in [2.24, 2.45) is 0 Å². The molecule has 0 spiro atoms. The maximum absolute atomic E-state index is 12.8. The molecule has 1 N–H and O–H groups in total. The van der Waals surface area contributed by atoms with Crippen LogP contribution in [-0.2, 0) is 12.8 Å². The first-order chi connectivity index (χ1) is 10.1. The summed E-state index contributed by atoms with van der Waals surface area (Å²) in [5.41, 5.74) is 3.90. The highest BCUT2D eigenvalue weighted by Crippen LogP contribution is 2.08. The van der Waals surface area contributed by atoms with Crippen LogP contribution in [0.5, 0.6) is 0 Å². The second-order valence-corrected chi connectivity index (χ2v) is 5.76. The average Bonchev–Trinajstić information content (AvgIpc) is 2.47. The average molecular weight is 285 g/mol. The Labute approximate surface area is 127 Å². The molecule has 0 saturated carbocycles. The molecule has 0 aliphatic carbocycles. The van der Waals surface area contributed by atoms with Gasteiger partial charge in [0.15, 0.2) is 0 Å². The summed E-state index contributed by atoms with van der Waals surface area (Å²) < 4.78 is 12.8. The molecule has 0 bridgehead atoms. The fourth-order valence-corrected chi connectivity index (χ4v) is 2.47. The lowest BCUT2D eigenvalue weighted by Crippen LogP contribution is -2.28. The minimum Gasteiger partial charge on any atom is -0.314 e. The highest BCUT2D eigenvalue weighted by atomic mass is 19.1. The van der Waals surface area contributed by atoms with E-state index in [0.717, 1.165) is 25.8 Å². The summed E-state index contributed by atoms with van der Waals surface area (Å²) >= 11 is 0. The lowest BCUT2D eigenvalue weighted by molar-refractivity contribution is 0.517. The molecule has 0 amide bonds. The van der Waals surface area contributed by atoms with Gasteiger partial charge in [-0.05, 0) is 62.9 Å². The van der Waals surface area contributed by atoms with E-state index in [1.807, 2.05) is 12.1 Å². The zero-order valence-corrected chi connectivity index (χ0v) is 12.9. The molecule has 2 aromatic rings. The van der Waals surface area contributed by atoms with E-state index in [4.69, 9.17) is 0 Å². The highest BCUT2D eigenvalue weighted by Gasteiger charge is 2.02. The van der Waals surface area contributed by atoms with Gasteiger partial charge in [0.1, 0.15) is 5.82 Å². The fourth-order valence-electron chi connectivity index (χ4n) is 2.47. The number of benzene rings is 2. The van der Waals surface area contributed by atoms with Crippen LogP contribution in [0, 0.1) is 12.7 Å². The third kappa shape index (κ3) is 5.68. The molecule has 0 heterocycles. The van der Waals surface area contributed by atoms with Crippen molar-refractivity contribution in [1.82, 2.24) is 5.32 Å². The van der Waals surface area contributed by atoms with Gasteiger partial charge in [0.2, 0.25) is 0 Å². The summed E-state index contributed by atoms with van der Waals surface area (Å²) in [5, 5.41) is 3.54. The number of aryl methyl sites for hydroxylation is 2. The second-order valence-electron chi connectivity index (χ2n) is 5.76. The Bertz CT molecular complexity index is 548. The Morgan fingerprint density at radius 1 is 1.00 bits per heavy atom. The molecule has 0 aliphatic rings. The number of hydrogen-bond donors (Lipinski definition) is 1. The Balaban J connectivity index is 1.67. The topological polar surface area (TPSA) is 12.0 Å². The van der Waals surface area contributed by atoms with Gasteiger partial charge in [0, 0.05) is 6.04 Å². The van der Waals surface area contributed by atoms with Crippen LogP contribution in [0.15, 0.2) is 48.5 Å². The first-order valence-electron chi connectivity index (χ1n) is 7.67. The Morgan fingerprint density at radius 3 is 2.48 bits per heavy atom. The molecule has 1 unspecified atom stereocenters. The summed E-state index contributed by atoms with van der Waals surface area (Å²) in [6.45, 7) is 5.29. The normalized spacial score (nSPS) is 12.3. The molecule has 21 heavy (non-hydrogen) atoms.